The van der Waals surface area contributed by atoms with Crippen LogP contribution in [0.3, 0.4) is 0 Å². The molecule has 2 N–H and O–H groups in total. The summed E-state index contributed by atoms with van der Waals surface area (Å²) in [5, 5.41) is 5.60. The minimum absolute atomic E-state index is 0.0795. The molecule has 0 aromatic rings. The van der Waals surface area contributed by atoms with Gasteiger partial charge < -0.3 is 10.6 Å². The number of rotatable bonds is 6. The van der Waals surface area contributed by atoms with Gasteiger partial charge in [-0.1, -0.05) is 0 Å². The van der Waals surface area contributed by atoms with Gasteiger partial charge in [-0.2, -0.15) is 0 Å². The molecule has 0 saturated carbocycles. The smallest absolute Gasteiger partial charge is 0.216 e. The van der Waals surface area contributed by atoms with E-state index in [2.05, 4.69) is 10.6 Å². The van der Waals surface area contributed by atoms with E-state index in [0.29, 0.717) is 19.6 Å². The molecule has 1 amide bonds. The van der Waals surface area contributed by atoms with E-state index < -0.39 is 14.6 Å². The van der Waals surface area contributed by atoms with E-state index in [4.69, 9.17) is 0 Å². The van der Waals surface area contributed by atoms with Gasteiger partial charge in [0.2, 0.25) is 5.91 Å². The average Bonchev–Trinajstić information content (AvgIpc) is 2.08. The van der Waals surface area contributed by atoms with E-state index in [9.17, 15) is 13.2 Å². The third-order valence-corrected chi connectivity index (χ3v) is 4.76. The molecule has 0 atom stereocenters. The molecule has 0 spiro atoms. The molecule has 0 aromatic heterocycles. The van der Waals surface area contributed by atoms with Gasteiger partial charge in [-0.15, -0.1) is 0 Å². The van der Waals surface area contributed by atoms with E-state index in [1.807, 2.05) is 0 Å². The van der Waals surface area contributed by atoms with E-state index in [1.165, 1.54) is 6.92 Å². The summed E-state index contributed by atoms with van der Waals surface area (Å²) in [6.07, 6.45) is 0. The molecular weight excluding hydrogens is 228 g/mol. The second-order valence-corrected chi connectivity index (χ2v) is 7.53. The number of amides is 1. The van der Waals surface area contributed by atoms with Crippen molar-refractivity contribution in [2.45, 2.75) is 32.4 Å². The molecule has 0 aliphatic rings. The van der Waals surface area contributed by atoms with E-state index >= 15 is 0 Å². The fourth-order valence-corrected chi connectivity index (χ4v) is 1.99. The molecule has 16 heavy (non-hydrogen) atoms. The van der Waals surface area contributed by atoms with Crippen LogP contribution < -0.4 is 10.6 Å². The predicted molar refractivity (Wildman–Crippen MR) is 65.1 cm³/mol. The normalized spacial score (nSPS) is 12.5. The first kappa shape index (κ1) is 15.4. The highest BCUT2D eigenvalue weighted by Gasteiger charge is 2.27. The number of hydrogen-bond acceptors (Lipinski definition) is 4. The number of hydrogen-bond donors (Lipinski definition) is 2. The van der Waals surface area contributed by atoms with E-state index in [0.717, 1.165) is 0 Å². The predicted octanol–water partition coefficient (Wildman–Crippen LogP) is -0.0746. The molecule has 5 nitrogen and oxygen atoms in total. The lowest BCUT2D eigenvalue weighted by molar-refractivity contribution is -0.118. The van der Waals surface area contributed by atoms with Gasteiger partial charge in [0.05, 0.1) is 10.5 Å². The Morgan fingerprint density at radius 3 is 2.12 bits per heavy atom. The molecule has 0 heterocycles. The monoisotopic (exact) mass is 250 g/mol. The van der Waals surface area contributed by atoms with Crippen LogP contribution in [-0.2, 0) is 14.6 Å². The van der Waals surface area contributed by atoms with Crippen LogP contribution in [0, 0.1) is 0 Å². The Kier molecular flexibility index (Phi) is 5.96. The third kappa shape index (κ3) is 6.07. The molecule has 0 rings (SSSR count). The van der Waals surface area contributed by atoms with Crippen LogP contribution in [-0.4, -0.2) is 44.5 Å². The molecule has 0 radical (unpaired) electrons. The Bertz CT molecular complexity index is 317. The maximum absolute atomic E-state index is 11.7. The first-order valence-corrected chi connectivity index (χ1v) is 6.99. The average molecular weight is 250 g/mol. The quantitative estimate of drug-likeness (QED) is 0.647. The summed E-state index contributed by atoms with van der Waals surface area (Å²) >= 11 is 0. The lowest BCUT2D eigenvalue weighted by atomic mass is 10.3. The van der Waals surface area contributed by atoms with Crippen LogP contribution >= 0.6 is 0 Å². The lowest BCUT2D eigenvalue weighted by Crippen LogP contribution is -2.37. The Hall–Kier alpha value is -0.620. The van der Waals surface area contributed by atoms with Crippen LogP contribution in [0.1, 0.15) is 27.7 Å². The SMILES string of the molecule is CC(=O)NCCNCCS(=O)(=O)C(C)(C)C. The van der Waals surface area contributed by atoms with Gasteiger partial charge in [-0.05, 0) is 20.8 Å². The minimum atomic E-state index is -3.05. The van der Waals surface area contributed by atoms with Gasteiger partial charge in [0.15, 0.2) is 9.84 Å². The topological polar surface area (TPSA) is 75.3 Å². The van der Waals surface area contributed by atoms with Crippen molar-refractivity contribution in [3.05, 3.63) is 0 Å². The van der Waals surface area contributed by atoms with Crippen LogP contribution in [0.25, 0.3) is 0 Å². The lowest BCUT2D eigenvalue weighted by Gasteiger charge is -2.19. The molecule has 0 bridgehead atoms. The molecular formula is C10H22N2O3S. The van der Waals surface area contributed by atoms with Crippen molar-refractivity contribution in [1.29, 1.82) is 0 Å². The second kappa shape index (κ2) is 6.20. The summed E-state index contributed by atoms with van der Waals surface area (Å²) in [5.74, 6) is 0.0421. The Labute approximate surface area is 97.9 Å². The largest absolute Gasteiger partial charge is 0.355 e. The number of carbonyl (C=O) groups is 1. The van der Waals surface area contributed by atoms with Crippen molar-refractivity contribution in [2.24, 2.45) is 0 Å². The summed E-state index contributed by atoms with van der Waals surface area (Å²) in [7, 11) is -3.05. The van der Waals surface area contributed by atoms with Gasteiger partial charge in [0, 0.05) is 26.6 Å². The summed E-state index contributed by atoms with van der Waals surface area (Å²) in [5.41, 5.74) is 0. The zero-order chi connectivity index (χ0) is 12.8. The highest BCUT2D eigenvalue weighted by molar-refractivity contribution is 7.92. The van der Waals surface area contributed by atoms with Gasteiger partial charge in [0.1, 0.15) is 0 Å². The Balaban J connectivity index is 3.72. The van der Waals surface area contributed by atoms with Crippen LogP contribution in [0.2, 0.25) is 0 Å². The zero-order valence-electron chi connectivity index (χ0n) is 10.5. The molecule has 0 aliphatic heterocycles. The fraction of sp³-hybridized carbons (Fsp3) is 0.900. The Morgan fingerprint density at radius 2 is 1.69 bits per heavy atom. The van der Waals surface area contributed by atoms with Gasteiger partial charge >= 0.3 is 0 Å². The highest BCUT2D eigenvalue weighted by Crippen LogP contribution is 2.14. The molecule has 0 aromatic carbocycles. The Morgan fingerprint density at radius 1 is 1.12 bits per heavy atom. The number of sulfone groups is 1. The molecule has 0 unspecified atom stereocenters. The fourth-order valence-electron chi connectivity index (χ4n) is 0.965. The van der Waals surface area contributed by atoms with E-state index in [-0.39, 0.29) is 11.7 Å². The van der Waals surface area contributed by atoms with Gasteiger partial charge in [-0.25, -0.2) is 8.42 Å². The van der Waals surface area contributed by atoms with Crippen LogP contribution in [0.5, 0.6) is 0 Å². The third-order valence-electron chi connectivity index (χ3n) is 2.16. The van der Waals surface area contributed by atoms with Crippen molar-refractivity contribution in [2.75, 3.05) is 25.4 Å². The second-order valence-electron chi connectivity index (χ2n) is 4.66. The van der Waals surface area contributed by atoms with Crippen molar-refractivity contribution in [1.82, 2.24) is 10.6 Å². The first-order valence-electron chi connectivity index (χ1n) is 5.34. The maximum Gasteiger partial charge on any atom is 0.216 e. The molecule has 0 fully saturated rings. The summed E-state index contributed by atoms with van der Waals surface area (Å²) in [6.45, 7) is 8.05. The molecule has 96 valence electrons. The molecule has 6 heteroatoms. The summed E-state index contributed by atoms with van der Waals surface area (Å²) in [4.78, 5) is 10.5. The standard InChI is InChI=1S/C10H22N2O3S/c1-9(13)12-6-5-11-7-8-16(14,15)10(2,3)4/h11H,5-8H2,1-4H3,(H,12,13). The van der Waals surface area contributed by atoms with Crippen LogP contribution in [0.15, 0.2) is 0 Å². The van der Waals surface area contributed by atoms with Gasteiger partial charge in [0.25, 0.3) is 0 Å². The van der Waals surface area contributed by atoms with Crippen LogP contribution in [0.4, 0.5) is 0 Å². The summed E-state index contributed by atoms with van der Waals surface area (Å²) < 4.78 is 22.7. The minimum Gasteiger partial charge on any atom is -0.355 e. The van der Waals surface area contributed by atoms with Gasteiger partial charge in [-0.3, -0.25) is 4.79 Å². The highest BCUT2D eigenvalue weighted by atomic mass is 32.2. The molecule has 0 aliphatic carbocycles. The summed E-state index contributed by atoms with van der Waals surface area (Å²) in [6, 6.07) is 0. The number of nitrogens with one attached hydrogen (secondary N) is 2. The van der Waals surface area contributed by atoms with Crippen molar-refractivity contribution in [3.63, 3.8) is 0 Å². The number of carbonyl (C=O) groups excluding carboxylic acids is 1. The molecule has 0 saturated heterocycles. The van der Waals surface area contributed by atoms with Crippen molar-refractivity contribution < 1.29 is 13.2 Å². The zero-order valence-corrected chi connectivity index (χ0v) is 11.3. The first-order chi connectivity index (χ1) is 7.17. The van der Waals surface area contributed by atoms with Crippen molar-refractivity contribution >= 4 is 15.7 Å². The maximum atomic E-state index is 11.7. The van der Waals surface area contributed by atoms with E-state index in [1.54, 1.807) is 20.8 Å². The van der Waals surface area contributed by atoms with Crippen molar-refractivity contribution in [3.8, 4) is 0 Å².